The van der Waals surface area contributed by atoms with Crippen molar-refractivity contribution in [2.45, 2.75) is 16.2 Å². The Balaban J connectivity index is 1.23. The molecule has 5 rings (SSSR count). The number of fused-ring (bicyclic) bond motifs is 3. The molecule has 0 N–H and O–H groups in total. The minimum absolute atomic E-state index is 0.106. The number of carbonyl (C=O) groups excluding carboxylic acids is 4. The van der Waals surface area contributed by atoms with E-state index in [1.165, 1.54) is 0 Å². The number of anilines is 2. The molecule has 0 radical (unpaired) electrons. The molecule has 0 aliphatic carbocycles. The van der Waals surface area contributed by atoms with Crippen LogP contribution in [0.25, 0.3) is 0 Å². The van der Waals surface area contributed by atoms with Gasteiger partial charge in [0.25, 0.3) is 17.7 Å². The van der Waals surface area contributed by atoms with Crippen LogP contribution in [-0.4, -0.2) is 41.7 Å². The quantitative estimate of drug-likeness (QED) is 0.424. The number of nitrogens with zero attached hydrogens (tertiary/aromatic N) is 2. The van der Waals surface area contributed by atoms with E-state index >= 15 is 0 Å². The molecule has 8 heteroatoms. The number of esters is 1. The Labute approximate surface area is 193 Å². The molecule has 2 aliphatic rings. The van der Waals surface area contributed by atoms with Gasteiger partial charge in [0.15, 0.2) is 6.61 Å². The molecule has 0 fully saturated rings. The third-order valence-corrected chi connectivity index (χ3v) is 6.59. The van der Waals surface area contributed by atoms with E-state index in [4.69, 9.17) is 4.74 Å². The van der Waals surface area contributed by atoms with E-state index in [1.54, 1.807) is 40.9 Å². The van der Waals surface area contributed by atoms with E-state index in [1.807, 2.05) is 48.5 Å². The highest BCUT2D eigenvalue weighted by atomic mass is 32.2. The molecule has 3 aromatic rings. The second-order valence-corrected chi connectivity index (χ2v) is 8.57. The van der Waals surface area contributed by atoms with Crippen LogP contribution in [0.4, 0.5) is 11.4 Å². The number of imide groups is 1. The van der Waals surface area contributed by atoms with Crippen molar-refractivity contribution >= 4 is 46.8 Å². The maximum atomic E-state index is 13.1. The molecule has 0 saturated heterocycles. The van der Waals surface area contributed by atoms with E-state index in [0.29, 0.717) is 11.1 Å². The fourth-order valence-corrected chi connectivity index (χ4v) is 4.96. The number of para-hydroxylation sites is 2. The molecule has 7 nitrogen and oxygen atoms in total. The lowest BCUT2D eigenvalue weighted by Crippen LogP contribution is -2.34. The van der Waals surface area contributed by atoms with Crippen LogP contribution in [0.2, 0.25) is 0 Å². The maximum absolute atomic E-state index is 13.1. The molecule has 0 bridgehead atoms. The zero-order valence-electron chi connectivity index (χ0n) is 17.4. The fraction of sp³-hybridized carbons (Fsp3) is 0.120. The number of hydrogen-bond donors (Lipinski definition) is 0. The maximum Gasteiger partial charge on any atom is 0.308 e. The molecule has 0 atom stereocenters. The van der Waals surface area contributed by atoms with Gasteiger partial charge < -0.3 is 4.74 Å². The van der Waals surface area contributed by atoms with Crippen molar-refractivity contribution in [3.63, 3.8) is 0 Å². The van der Waals surface area contributed by atoms with Crippen molar-refractivity contribution in [1.82, 2.24) is 4.90 Å². The van der Waals surface area contributed by atoms with Gasteiger partial charge in [0.2, 0.25) is 0 Å². The van der Waals surface area contributed by atoms with Gasteiger partial charge >= 0.3 is 5.97 Å². The Kier molecular flexibility index (Phi) is 5.43. The highest BCUT2D eigenvalue weighted by Crippen LogP contribution is 2.47. The molecular formula is C25H18N2O5S. The summed E-state index contributed by atoms with van der Waals surface area (Å²) < 4.78 is 5.21. The standard InChI is InChI=1S/C25H18N2O5S/c28-22(27-18-9-3-5-11-20(18)33-21-12-6-4-10-19(21)27)15-32-23(29)13-14-26-24(30)16-7-1-2-8-17(16)25(26)31/h1-12H,13-15H2. The first-order chi connectivity index (χ1) is 16.0. The van der Waals surface area contributed by atoms with Crippen LogP contribution in [0.15, 0.2) is 82.6 Å². The third kappa shape index (κ3) is 3.78. The number of carbonyl (C=O) groups is 4. The first kappa shape index (κ1) is 21.0. The van der Waals surface area contributed by atoms with E-state index < -0.39 is 24.4 Å². The number of hydrogen-bond acceptors (Lipinski definition) is 6. The van der Waals surface area contributed by atoms with Gasteiger partial charge in [-0.25, -0.2) is 0 Å². The minimum atomic E-state index is -0.659. The summed E-state index contributed by atoms with van der Waals surface area (Å²) in [7, 11) is 0. The molecule has 33 heavy (non-hydrogen) atoms. The number of amides is 3. The lowest BCUT2D eigenvalue weighted by atomic mass is 10.1. The Hall–Kier alpha value is -3.91. The number of benzene rings is 3. The molecule has 0 saturated carbocycles. The summed E-state index contributed by atoms with van der Waals surface area (Å²) in [5.41, 5.74) is 2.11. The average molecular weight is 458 g/mol. The molecular weight excluding hydrogens is 440 g/mol. The molecule has 3 aromatic carbocycles. The van der Waals surface area contributed by atoms with E-state index in [9.17, 15) is 19.2 Å². The highest BCUT2D eigenvalue weighted by Gasteiger charge is 2.35. The van der Waals surface area contributed by atoms with Crippen molar-refractivity contribution in [3.05, 3.63) is 83.9 Å². The third-order valence-electron chi connectivity index (χ3n) is 5.46. The van der Waals surface area contributed by atoms with Gasteiger partial charge in [0, 0.05) is 16.3 Å². The van der Waals surface area contributed by atoms with E-state index in [2.05, 4.69) is 0 Å². The van der Waals surface area contributed by atoms with Crippen LogP contribution in [0.5, 0.6) is 0 Å². The van der Waals surface area contributed by atoms with Crippen LogP contribution >= 0.6 is 11.8 Å². The second kappa shape index (κ2) is 8.55. The van der Waals surface area contributed by atoms with Gasteiger partial charge in [-0.05, 0) is 36.4 Å². The van der Waals surface area contributed by atoms with Gasteiger partial charge in [0.1, 0.15) is 0 Å². The van der Waals surface area contributed by atoms with Crippen molar-refractivity contribution in [1.29, 1.82) is 0 Å². The molecule has 0 spiro atoms. The Bertz CT molecular complexity index is 1220. The SMILES string of the molecule is O=C(CCN1C(=O)c2ccccc2C1=O)OCC(=O)N1c2ccccc2Sc2ccccc21. The smallest absolute Gasteiger partial charge is 0.308 e. The topological polar surface area (TPSA) is 84.0 Å². The van der Waals surface area contributed by atoms with Crippen molar-refractivity contribution < 1.29 is 23.9 Å². The van der Waals surface area contributed by atoms with Crippen molar-refractivity contribution in [3.8, 4) is 0 Å². The van der Waals surface area contributed by atoms with Crippen LogP contribution in [0.1, 0.15) is 27.1 Å². The van der Waals surface area contributed by atoms with Gasteiger partial charge in [-0.2, -0.15) is 0 Å². The zero-order valence-corrected chi connectivity index (χ0v) is 18.2. The van der Waals surface area contributed by atoms with Crippen LogP contribution in [-0.2, 0) is 14.3 Å². The first-order valence-corrected chi connectivity index (χ1v) is 11.2. The van der Waals surface area contributed by atoms with Gasteiger partial charge in [-0.3, -0.25) is 29.0 Å². The minimum Gasteiger partial charge on any atom is -0.455 e. The lowest BCUT2D eigenvalue weighted by Gasteiger charge is -2.30. The van der Waals surface area contributed by atoms with Crippen LogP contribution < -0.4 is 4.90 Å². The summed E-state index contributed by atoms with van der Waals surface area (Å²) in [6.07, 6.45) is -0.193. The summed E-state index contributed by atoms with van der Waals surface area (Å²) in [6.45, 7) is -0.556. The van der Waals surface area contributed by atoms with Gasteiger partial charge in [-0.1, -0.05) is 48.2 Å². The number of ether oxygens (including phenoxy) is 1. The highest BCUT2D eigenvalue weighted by molar-refractivity contribution is 7.99. The monoisotopic (exact) mass is 458 g/mol. The van der Waals surface area contributed by atoms with Gasteiger partial charge in [-0.15, -0.1) is 0 Å². The zero-order chi connectivity index (χ0) is 22.9. The van der Waals surface area contributed by atoms with Crippen LogP contribution in [0.3, 0.4) is 0 Å². The first-order valence-electron chi connectivity index (χ1n) is 10.3. The molecule has 2 aliphatic heterocycles. The molecule has 0 aromatic heterocycles. The second-order valence-electron chi connectivity index (χ2n) is 7.48. The van der Waals surface area contributed by atoms with Crippen molar-refractivity contribution in [2.24, 2.45) is 0 Å². The molecule has 3 amide bonds. The molecule has 2 heterocycles. The summed E-state index contributed by atoms with van der Waals surface area (Å²) >= 11 is 1.57. The average Bonchev–Trinajstić information content (AvgIpc) is 3.09. The predicted octanol–water partition coefficient (Wildman–Crippen LogP) is 4.05. The van der Waals surface area contributed by atoms with E-state index in [-0.39, 0.29) is 18.9 Å². The Morgan fingerprint density at radius 2 is 1.27 bits per heavy atom. The Morgan fingerprint density at radius 1 is 0.758 bits per heavy atom. The van der Waals surface area contributed by atoms with Crippen molar-refractivity contribution in [2.75, 3.05) is 18.1 Å². The summed E-state index contributed by atoms with van der Waals surface area (Å²) in [6, 6.07) is 21.6. The summed E-state index contributed by atoms with van der Waals surface area (Å²) in [5.74, 6) is -1.91. The summed E-state index contributed by atoms with van der Waals surface area (Å²) in [4.78, 5) is 54.7. The summed E-state index contributed by atoms with van der Waals surface area (Å²) in [5, 5.41) is 0. The predicted molar refractivity (Wildman–Crippen MR) is 122 cm³/mol. The normalized spacial score (nSPS) is 13.9. The number of rotatable bonds is 5. The molecule has 164 valence electrons. The van der Waals surface area contributed by atoms with Gasteiger partial charge in [0.05, 0.1) is 28.9 Å². The Morgan fingerprint density at radius 3 is 1.85 bits per heavy atom. The largest absolute Gasteiger partial charge is 0.455 e. The fourth-order valence-electron chi connectivity index (χ4n) is 3.90. The lowest BCUT2D eigenvalue weighted by molar-refractivity contribution is -0.147. The van der Waals surface area contributed by atoms with Crippen LogP contribution in [0, 0.1) is 0 Å². The van der Waals surface area contributed by atoms with E-state index in [0.717, 1.165) is 26.1 Å². The molecule has 0 unspecified atom stereocenters.